The van der Waals surface area contributed by atoms with E-state index in [0.717, 1.165) is 22.3 Å². The summed E-state index contributed by atoms with van der Waals surface area (Å²) >= 11 is 3.47. The van der Waals surface area contributed by atoms with Crippen LogP contribution in [0.3, 0.4) is 0 Å². The van der Waals surface area contributed by atoms with E-state index >= 15 is 0 Å². The lowest BCUT2D eigenvalue weighted by molar-refractivity contribution is 0.511. The van der Waals surface area contributed by atoms with Gasteiger partial charge in [-0.3, -0.25) is 0 Å². The lowest BCUT2D eigenvalue weighted by atomic mass is 10.1. The Morgan fingerprint density at radius 3 is 3.00 bits per heavy atom. The normalized spacial score (nSPS) is 10.4. The number of hydrogen-bond acceptors (Lipinski definition) is 3. The molecule has 0 saturated heterocycles. The Morgan fingerprint density at radius 1 is 1.44 bits per heavy atom. The van der Waals surface area contributed by atoms with Crippen LogP contribution in [0.2, 0.25) is 0 Å². The average molecular weight is 281 g/mol. The van der Waals surface area contributed by atoms with Gasteiger partial charge in [0.2, 0.25) is 0 Å². The first-order chi connectivity index (χ1) is 7.79. The minimum atomic E-state index is 0.661. The number of benzene rings is 1. The zero-order valence-corrected chi connectivity index (χ0v) is 10.6. The van der Waals surface area contributed by atoms with E-state index in [1.165, 1.54) is 12.0 Å². The molecule has 2 aromatic rings. The van der Waals surface area contributed by atoms with Gasteiger partial charge in [-0.15, -0.1) is 0 Å². The van der Waals surface area contributed by atoms with E-state index < -0.39 is 0 Å². The largest absolute Gasteiger partial charge is 0.447 e. The summed E-state index contributed by atoms with van der Waals surface area (Å²) in [7, 11) is 0. The standard InChI is InChI=1S/C12H13BrN2O/c1-2-9-5-10(13)3-4-12(9)15-7-11-6-14-8-16-11/h3-6,8,15H,2,7H2,1H3. The second-order valence-corrected chi connectivity index (χ2v) is 4.39. The van der Waals surface area contributed by atoms with Crippen molar-refractivity contribution in [3.8, 4) is 0 Å². The Balaban J connectivity index is 2.09. The van der Waals surface area contributed by atoms with E-state index in [4.69, 9.17) is 4.42 Å². The van der Waals surface area contributed by atoms with Crippen LogP contribution in [0, 0.1) is 0 Å². The molecule has 0 unspecified atom stereocenters. The number of halogens is 1. The molecule has 1 heterocycles. The Hall–Kier alpha value is -1.29. The molecule has 0 atom stereocenters. The third kappa shape index (κ3) is 2.64. The van der Waals surface area contributed by atoms with Crippen molar-refractivity contribution in [2.75, 3.05) is 5.32 Å². The molecular weight excluding hydrogens is 268 g/mol. The van der Waals surface area contributed by atoms with Crippen molar-refractivity contribution in [2.45, 2.75) is 19.9 Å². The molecule has 4 heteroatoms. The zero-order valence-electron chi connectivity index (χ0n) is 9.03. The third-order valence-electron chi connectivity index (χ3n) is 2.38. The summed E-state index contributed by atoms with van der Waals surface area (Å²) < 4.78 is 6.28. The van der Waals surface area contributed by atoms with Gasteiger partial charge in [0.05, 0.1) is 12.7 Å². The summed E-state index contributed by atoms with van der Waals surface area (Å²) in [6.45, 7) is 2.80. The highest BCUT2D eigenvalue weighted by Crippen LogP contribution is 2.22. The first-order valence-corrected chi connectivity index (χ1v) is 5.98. The molecule has 0 spiro atoms. The Bertz CT molecular complexity index is 454. The molecule has 0 amide bonds. The average Bonchev–Trinajstić information content (AvgIpc) is 2.80. The van der Waals surface area contributed by atoms with Crippen LogP contribution in [-0.4, -0.2) is 4.98 Å². The maximum Gasteiger partial charge on any atom is 0.180 e. The van der Waals surface area contributed by atoms with Gasteiger partial charge in [-0.05, 0) is 30.2 Å². The maximum atomic E-state index is 5.17. The fraction of sp³-hybridized carbons (Fsp3) is 0.250. The molecule has 0 fully saturated rings. The maximum absolute atomic E-state index is 5.17. The second-order valence-electron chi connectivity index (χ2n) is 3.48. The van der Waals surface area contributed by atoms with E-state index in [0.29, 0.717) is 6.54 Å². The van der Waals surface area contributed by atoms with Gasteiger partial charge in [-0.2, -0.15) is 0 Å². The number of oxazole rings is 1. The van der Waals surface area contributed by atoms with Crippen molar-refractivity contribution in [2.24, 2.45) is 0 Å². The van der Waals surface area contributed by atoms with Gasteiger partial charge in [0.25, 0.3) is 0 Å². The van der Waals surface area contributed by atoms with Gasteiger partial charge in [0.1, 0.15) is 5.76 Å². The number of nitrogens with zero attached hydrogens (tertiary/aromatic N) is 1. The van der Waals surface area contributed by atoms with E-state index in [2.05, 4.69) is 45.3 Å². The summed E-state index contributed by atoms with van der Waals surface area (Å²) in [5.74, 6) is 0.838. The number of nitrogens with one attached hydrogen (secondary N) is 1. The molecule has 84 valence electrons. The molecule has 16 heavy (non-hydrogen) atoms. The van der Waals surface area contributed by atoms with Crippen molar-refractivity contribution >= 4 is 21.6 Å². The highest BCUT2D eigenvalue weighted by atomic mass is 79.9. The summed E-state index contributed by atoms with van der Waals surface area (Å²) in [6, 6.07) is 6.23. The van der Waals surface area contributed by atoms with Gasteiger partial charge in [0, 0.05) is 10.2 Å². The molecule has 0 saturated carbocycles. The fourth-order valence-corrected chi connectivity index (χ4v) is 1.95. The van der Waals surface area contributed by atoms with E-state index in [1.54, 1.807) is 6.20 Å². The number of hydrogen-bond donors (Lipinski definition) is 1. The summed E-state index contributed by atoms with van der Waals surface area (Å²) in [5, 5.41) is 3.34. The Morgan fingerprint density at radius 2 is 2.31 bits per heavy atom. The van der Waals surface area contributed by atoms with Crippen LogP contribution < -0.4 is 5.32 Å². The number of anilines is 1. The highest BCUT2D eigenvalue weighted by molar-refractivity contribution is 9.10. The fourth-order valence-electron chi connectivity index (χ4n) is 1.54. The molecule has 0 aliphatic carbocycles. The monoisotopic (exact) mass is 280 g/mol. The zero-order chi connectivity index (χ0) is 11.4. The van der Waals surface area contributed by atoms with Gasteiger partial charge >= 0.3 is 0 Å². The highest BCUT2D eigenvalue weighted by Gasteiger charge is 2.02. The van der Waals surface area contributed by atoms with Crippen LogP contribution in [0.15, 0.2) is 39.7 Å². The molecule has 0 radical (unpaired) electrons. The number of aromatic nitrogens is 1. The second kappa shape index (κ2) is 5.16. The molecule has 1 aromatic carbocycles. The number of rotatable bonds is 4. The molecule has 1 N–H and O–H groups in total. The quantitative estimate of drug-likeness (QED) is 0.930. The molecule has 1 aromatic heterocycles. The molecule has 3 nitrogen and oxygen atoms in total. The Labute approximate surface area is 103 Å². The predicted octanol–water partition coefficient (Wildman–Crippen LogP) is 3.61. The minimum Gasteiger partial charge on any atom is -0.447 e. The molecule has 0 aliphatic heterocycles. The van der Waals surface area contributed by atoms with Crippen molar-refractivity contribution in [3.63, 3.8) is 0 Å². The molecule has 0 bridgehead atoms. The van der Waals surface area contributed by atoms with Gasteiger partial charge in [-0.25, -0.2) is 4.98 Å². The molecule has 0 aliphatic rings. The molecular formula is C12H13BrN2O. The minimum absolute atomic E-state index is 0.661. The topological polar surface area (TPSA) is 38.1 Å². The van der Waals surface area contributed by atoms with E-state index in [1.807, 2.05) is 6.07 Å². The first-order valence-electron chi connectivity index (χ1n) is 5.19. The van der Waals surface area contributed by atoms with Gasteiger partial charge < -0.3 is 9.73 Å². The first kappa shape index (κ1) is 11.2. The summed E-state index contributed by atoms with van der Waals surface area (Å²) in [4.78, 5) is 3.88. The summed E-state index contributed by atoms with van der Waals surface area (Å²) in [6.07, 6.45) is 4.16. The smallest absolute Gasteiger partial charge is 0.180 e. The molecule has 2 rings (SSSR count). The van der Waals surface area contributed by atoms with Crippen LogP contribution in [0.1, 0.15) is 18.2 Å². The lowest BCUT2D eigenvalue weighted by Gasteiger charge is -2.09. The van der Waals surface area contributed by atoms with E-state index in [-0.39, 0.29) is 0 Å². The lowest BCUT2D eigenvalue weighted by Crippen LogP contribution is -2.01. The predicted molar refractivity (Wildman–Crippen MR) is 67.3 cm³/mol. The van der Waals surface area contributed by atoms with Gasteiger partial charge in [0.15, 0.2) is 6.39 Å². The van der Waals surface area contributed by atoms with Crippen LogP contribution in [-0.2, 0) is 13.0 Å². The van der Waals surface area contributed by atoms with Crippen molar-refractivity contribution in [1.29, 1.82) is 0 Å². The van der Waals surface area contributed by atoms with Gasteiger partial charge in [-0.1, -0.05) is 22.9 Å². The van der Waals surface area contributed by atoms with Crippen LogP contribution in [0.5, 0.6) is 0 Å². The Kier molecular flexibility index (Phi) is 3.62. The van der Waals surface area contributed by atoms with Crippen LogP contribution in [0.25, 0.3) is 0 Å². The van der Waals surface area contributed by atoms with E-state index in [9.17, 15) is 0 Å². The van der Waals surface area contributed by atoms with Crippen LogP contribution in [0.4, 0.5) is 5.69 Å². The van der Waals surface area contributed by atoms with Crippen molar-refractivity contribution < 1.29 is 4.42 Å². The van der Waals surface area contributed by atoms with Crippen molar-refractivity contribution in [3.05, 3.63) is 46.6 Å². The number of aryl methyl sites for hydroxylation is 1. The third-order valence-corrected chi connectivity index (χ3v) is 2.88. The van der Waals surface area contributed by atoms with Crippen LogP contribution >= 0.6 is 15.9 Å². The SMILES string of the molecule is CCc1cc(Br)ccc1NCc1cnco1. The summed E-state index contributed by atoms with van der Waals surface area (Å²) in [5.41, 5.74) is 2.43. The van der Waals surface area contributed by atoms with Crippen molar-refractivity contribution in [1.82, 2.24) is 4.98 Å².